The number of rotatable bonds is 0. The lowest BCUT2D eigenvalue weighted by Gasteiger charge is -2.11. The lowest BCUT2D eigenvalue weighted by Crippen LogP contribution is -2.00. The molecule has 0 aliphatic carbocycles. The molecule has 76 valence electrons. The molecule has 1 nitrogen and oxygen atoms in total. The second kappa shape index (κ2) is 3.67. The highest BCUT2D eigenvalue weighted by Crippen LogP contribution is 2.41. The van der Waals surface area contributed by atoms with Gasteiger partial charge < -0.3 is 5.11 Å². The van der Waals surface area contributed by atoms with E-state index in [0.29, 0.717) is 0 Å². The number of thiophene rings is 1. The van der Waals surface area contributed by atoms with Gasteiger partial charge >= 0.3 is 0 Å². The predicted octanol–water partition coefficient (Wildman–Crippen LogP) is 3.44. The first-order chi connectivity index (χ1) is 7.36. The van der Waals surface area contributed by atoms with E-state index in [4.69, 9.17) is 0 Å². The summed E-state index contributed by atoms with van der Waals surface area (Å²) in [5.74, 6) is 0.959. The van der Waals surface area contributed by atoms with Crippen LogP contribution in [0.4, 0.5) is 0 Å². The third kappa shape index (κ3) is 1.51. The maximum absolute atomic E-state index is 10.3. The molecule has 1 N–H and O–H groups in total. The summed E-state index contributed by atoms with van der Waals surface area (Å²) >= 11 is 3.54. The van der Waals surface area contributed by atoms with Crippen molar-refractivity contribution < 1.29 is 5.11 Å². The van der Waals surface area contributed by atoms with Gasteiger partial charge in [0.2, 0.25) is 0 Å². The third-order valence-corrected chi connectivity index (χ3v) is 4.98. The van der Waals surface area contributed by atoms with Crippen LogP contribution in [0.25, 0.3) is 0 Å². The Kier molecular flexibility index (Phi) is 2.31. The van der Waals surface area contributed by atoms with E-state index in [-0.39, 0.29) is 0 Å². The molecule has 0 bridgehead atoms. The molecule has 0 spiro atoms. The van der Waals surface area contributed by atoms with Gasteiger partial charge in [0, 0.05) is 11.3 Å². The number of hydrogen-bond acceptors (Lipinski definition) is 3. The first-order valence-corrected chi connectivity index (χ1v) is 6.69. The molecular weight excluding hydrogens is 224 g/mol. The average Bonchev–Trinajstić information content (AvgIpc) is 2.69. The van der Waals surface area contributed by atoms with Crippen molar-refractivity contribution in [1.82, 2.24) is 0 Å². The van der Waals surface area contributed by atoms with Crippen LogP contribution in [0.1, 0.15) is 22.8 Å². The standard InChI is InChI=1S/C12H10OS2/c13-11-9-4-2-1-3-8(9)7-15-12-10(11)5-6-14-12/h1-6,11,13H,7H2. The Hall–Kier alpha value is -0.770. The summed E-state index contributed by atoms with van der Waals surface area (Å²) < 4.78 is 1.25. The number of fused-ring (bicyclic) bond motifs is 2. The molecule has 3 heteroatoms. The van der Waals surface area contributed by atoms with Crippen molar-refractivity contribution >= 4 is 23.1 Å². The molecule has 1 aromatic heterocycles. The van der Waals surface area contributed by atoms with Crippen molar-refractivity contribution in [2.45, 2.75) is 16.1 Å². The zero-order valence-electron chi connectivity index (χ0n) is 8.01. The molecule has 1 aliphatic heterocycles. The molecule has 1 atom stereocenters. The van der Waals surface area contributed by atoms with Crippen LogP contribution in [-0.4, -0.2) is 5.11 Å². The summed E-state index contributed by atoms with van der Waals surface area (Å²) in [7, 11) is 0. The van der Waals surface area contributed by atoms with Crippen molar-refractivity contribution in [1.29, 1.82) is 0 Å². The Bertz CT molecular complexity index is 490. The maximum atomic E-state index is 10.3. The zero-order valence-corrected chi connectivity index (χ0v) is 9.65. The molecule has 15 heavy (non-hydrogen) atoms. The Morgan fingerprint density at radius 2 is 2.00 bits per heavy atom. The summed E-state index contributed by atoms with van der Waals surface area (Å²) in [6, 6.07) is 10.2. The Morgan fingerprint density at radius 1 is 1.13 bits per heavy atom. The minimum absolute atomic E-state index is 0.447. The summed E-state index contributed by atoms with van der Waals surface area (Å²) in [5, 5.41) is 12.3. The summed E-state index contributed by atoms with van der Waals surface area (Å²) in [4.78, 5) is 0. The second-order valence-electron chi connectivity index (χ2n) is 3.55. The van der Waals surface area contributed by atoms with Crippen LogP contribution < -0.4 is 0 Å². The zero-order chi connectivity index (χ0) is 10.3. The van der Waals surface area contributed by atoms with E-state index in [1.54, 1.807) is 11.3 Å². The fraction of sp³-hybridized carbons (Fsp3) is 0.167. The van der Waals surface area contributed by atoms with E-state index >= 15 is 0 Å². The summed E-state index contributed by atoms with van der Waals surface area (Å²) in [6.07, 6.45) is -0.447. The van der Waals surface area contributed by atoms with Gasteiger partial charge in [0.15, 0.2) is 0 Å². The fourth-order valence-electron chi connectivity index (χ4n) is 1.87. The van der Waals surface area contributed by atoms with Crippen molar-refractivity contribution in [3.63, 3.8) is 0 Å². The molecule has 3 rings (SSSR count). The van der Waals surface area contributed by atoms with Gasteiger partial charge in [-0.1, -0.05) is 24.3 Å². The number of aliphatic hydroxyl groups excluding tert-OH is 1. The van der Waals surface area contributed by atoms with E-state index in [0.717, 1.165) is 16.9 Å². The SMILES string of the molecule is OC1c2ccccc2CSc2sccc21. The molecule has 1 aromatic carbocycles. The quantitative estimate of drug-likeness (QED) is 0.753. The minimum atomic E-state index is -0.447. The summed E-state index contributed by atoms with van der Waals surface area (Å²) in [6.45, 7) is 0. The van der Waals surface area contributed by atoms with Gasteiger partial charge in [-0.05, 0) is 22.6 Å². The Morgan fingerprint density at radius 3 is 2.93 bits per heavy atom. The molecule has 0 saturated carbocycles. The topological polar surface area (TPSA) is 20.2 Å². The molecule has 2 aromatic rings. The first kappa shape index (κ1) is 9.46. The highest BCUT2D eigenvalue weighted by Gasteiger charge is 2.22. The Labute approximate surface area is 96.8 Å². The van der Waals surface area contributed by atoms with Gasteiger partial charge in [0.1, 0.15) is 6.10 Å². The first-order valence-electron chi connectivity index (χ1n) is 4.82. The van der Waals surface area contributed by atoms with Gasteiger partial charge in [-0.25, -0.2) is 0 Å². The largest absolute Gasteiger partial charge is 0.384 e. The highest BCUT2D eigenvalue weighted by atomic mass is 32.2. The van der Waals surface area contributed by atoms with E-state index < -0.39 is 6.10 Å². The lowest BCUT2D eigenvalue weighted by atomic mass is 10.00. The molecule has 0 amide bonds. The van der Waals surface area contributed by atoms with Gasteiger partial charge in [0.05, 0.1) is 4.21 Å². The molecule has 0 saturated heterocycles. The number of hydrogen-bond donors (Lipinski definition) is 1. The third-order valence-electron chi connectivity index (χ3n) is 2.66. The van der Waals surface area contributed by atoms with E-state index in [2.05, 4.69) is 11.4 Å². The van der Waals surface area contributed by atoms with Gasteiger partial charge in [-0.2, -0.15) is 0 Å². The molecule has 1 aliphatic rings. The van der Waals surface area contributed by atoms with Crippen LogP contribution in [-0.2, 0) is 5.75 Å². The van der Waals surface area contributed by atoms with Crippen LogP contribution in [0.15, 0.2) is 39.9 Å². The van der Waals surface area contributed by atoms with Gasteiger partial charge in [-0.3, -0.25) is 0 Å². The molecular formula is C12H10OS2. The monoisotopic (exact) mass is 234 g/mol. The van der Waals surface area contributed by atoms with Crippen molar-refractivity contribution in [2.24, 2.45) is 0 Å². The molecule has 1 unspecified atom stereocenters. The van der Waals surface area contributed by atoms with Crippen molar-refractivity contribution in [2.75, 3.05) is 0 Å². The van der Waals surface area contributed by atoms with Crippen LogP contribution in [0.5, 0.6) is 0 Å². The van der Waals surface area contributed by atoms with Gasteiger partial charge in [-0.15, -0.1) is 23.1 Å². The van der Waals surface area contributed by atoms with Crippen LogP contribution in [0, 0.1) is 0 Å². The average molecular weight is 234 g/mol. The minimum Gasteiger partial charge on any atom is -0.384 e. The van der Waals surface area contributed by atoms with Crippen molar-refractivity contribution in [3.05, 3.63) is 52.4 Å². The van der Waals surface area contributed by atoms with Crippen LogP contribution in [0.2, 0.25) is 0 Å². The molecule has 0 radical (unpaired) electrons. The van der Waals surface area contributed by atoms with E-state index in [9.17, 15) is 5.11 Å². The van der Waals surface area contributed by atoms with E-state index in [1.165, 1.54) is 9.77 Å². The smallest absolute Gasteiger partial charge is 0.106 e. The summed E-state index contributed by atoms with van der Waals surface area (Å²) in [5.41, 5.74) is 3.37. The number of benzene rings is 1. The fourth-order valence-corrected chi connectivity index (χ4v) is 4.03. The van der Waals surface area contributed by atoms with Gasteiger partial charge in [0.25, 0.3) is 0 Å². The normalized spacial score (nSPS) is 19.1. The molecule has 2 heterocycles. The molecule has 0 fully saturated rings. The number of aliphatic hydroxyl groups is 1. The van der Waals surface area contributed by atoms with Crippen LogP contribution in [0.3, 0.4) is 0 Å². The lowest BCUT2D eigenvalue weighted by molar-refractivity contribution is 0.218. The highest BCUT2D eigenvalue weighted by molar-refractivity contribution is 8.00. The predicted molar refractivity (Wildman–Crippen MR) is 64.4 cm³/mol. The van der Waals surface area contributed by atoms with Crippen molar-refractivity contribution in [3.8, 4) is 0 Å². The Balaban J connectivity index is 2.18. The maximum Gasteiger partial charge on any atom is 0.106 e. The second-order valence-corrected chi connectivity index (χ2v) is 5.71. The van der Waals surface area contributed by atoms with E-state index in [1.807, 2.05) is 36.0 Å². The van der Waals surface area contributed by atoms with Crippen LogP contribution >= 0.6 is 23.1 Å². The number of thioether (sulfide) groups is 1.